The minimum Gasteiger partial charge on any atom is -0.432 e. The second-order valence-electron chi connectivity index (χ2n) is 15.3. The Morgan fingerprint density at radius 2 is 1.73 bits per heavy atom. The van der Waals surface area contributed by atoms with Gasteiger partial charge in [0.25, 0.3) is 5.91 Å². The molecule has 0 saturated carbocycles. The van der Waals surface area contributed by atoms with Gasteiger partial charge in [0.2, 0.25) is 11.8 Å². The van der Waals surface area contributed by atoms with Gasteiger partial charge in [-0.25, -0.2) is 0 Å². The lowest BCUT2D eigenvalue weighted by molar-refractivity contribution is -0.151. The number of carbonyl (C=O) groups is 3. The molecular weight excluding hydrogens is 682 g/mol. The molecule has 2 fully saturated rings. The first-order valence-corrected chi connectivity index (χ1v) is 21.7. The normalized spacial score (nSPS) is 26.7. The zero-order valence-corrected chi connectivity index (χ0v) is 31.4. The molecule has 4 heterocycles. The third-order valence-corrected chi connectivity index (χ3v) is 14.4. The molecule has 7 rings (SSSR count). The van der Waals surface area contributed by atoms with E-state index >= 15 is 0 Å². The molecule has 270 valence electrons. The van der Waals surface area contributed by atoms with E-state index in [-0.39, 0.29) is 43.3 Å². The Bertz CT molecular complexity index is 1810. The average Bonchev–Trinajstić information content (AvgIpc) is 3.52. The van der Waals surface area contributed by atoms with E-state index in [1.807, 2.05) is 79.5 Å². The zero-order valence-electron chi connectivity index (χ0n) is 29.7. The van der Waals surface area contributed by atoms with Gasteiger partial charge in [0, 0.05) is 47.2 Å². The smallest absolute Gasteiger partial charge is 0.264 e. The van der Waals surface area contributed by atoms with Gasteiger partial charge in [-0.2, -0.15) is 0 Å². The fourth-order valence-corrected chi connectivity index (χ4v) is 11.9. The van der Waals surface area contributed by atoms with Crippen LogP contribution in [0.25, 0.3) is 0 Å². The standard InChI is InChI=1S/C40H48ClN3O6Si/c1-26-38(51(2,3)49)35(22-37(47)43-24-29-11-8-7-10-28(29)20-32(43)25-45)50-40(26)33-21-30(41)15-18-34(33)44(39(40)48)23-27-13-16-31(17-14-27)42-19-9-5-4-6-12-36(42)46/h7-8,10-11,13-18,21,26,32,35,38,45,49H,4-6,9,12,19-20,22-25H2,1-3H3/t26-,32+,35+,38-,40+/m1/s1. The van der Waals surface area contributed by atoms with Gasteiger partial charge in [0.05, 0.1) is 37.4 Å². The Morgan fingerprint density at radius 3 is 2.45 bits per heavy atom. The molecule has 3 aromatic rings. The van der Waals surface area contributed by atoms with Crippen molar-refractivity contribution in [3.05, 3.63) is 94.0 Å². The first-order chi connectivity index (χ1) is 24.4. The summed E-state index contributed by atoms with van der Waals surface area (Å²) in [7, 11) is -3.02. The Balaban J connectivity index is 1.17. The molecule has 51 heavy (non-hydrogen) atoms. The monoisotopic (exact) mass is 729 g/mol. The molecule has 4 aliphatic rings. The molecule has 3 amide bonds. The molecule has 1 spiro atoms. The van der Waals surface area contributed by atoms with Crippen LogP contribution in [0.2, 0.25) is 23.7 Å². The molecule has 0 radical (unpaired) electrons. The van der Waals surface area contributed by atoms with Gasteiger partial charge in [-0.05, 0) is 79.4 Å². The number of anilines is 2. The number of aliphatic hydroxyl groups is 1. The van der Waals surface area contributed by atoms with E-state index in [9.17, 15) is 24.3 Å². The zero-order chi connectivity index (χ0) is 36.1. The number of halogens is 1. The van der Waals surface area contributed by atoms with Gasteiger partial charge < -0.3 is 29.3 Å². The summed E-state index contributed by atoms with van der Waals surface area (Å²) in [5, 5.41) is 10.8. The van der Waals surface area contributed by atoms with Gasteiger partial charge in [0.1, 0.15) is 0 Å². The van der Waals surface area contributed by atoms with E-state index in [0.717, 1.165) is 48.1 Å². The predicted octanol–water partition coefficient (Wildman–Crippen LogP) is 6.32. The fraction of sp³-hybridized carbons (Fsp3) is 0.475. The van der Waals surface area contributed by atoms with E-state index in [4.69, 9.17) is 16.3 Å². The summed E-state index contributed by atoms with van der Waals surface area (Å²) in [5.41, 5.74) is 3.40. The highest BCUT2D eigenvalue weighted by Crippen LogP contribution is 2.60. The van der Waals surface area contributed by atoms with E-state index in [1.165, 1.54) is 0 Å². The van der Waals surface area contributed by atoms with E-state index in [0.29, 0.717) is 42.2 Å². The lowest BCUT2D eigenvalue weighted by Crippen LogP contribution is -2.48. The first-order valence-electron chi connectivity index (χ1n) is 18.3. The largest absolute Gasteiger partial charge is 0.432 e. The molecule has 3 aromatic carbocycles. The molecule has 0 aromatic heterocycles. The summed E-state index contributed by atoms with van der Waals surface area (Å²) < 4.78 is 6.93. The van der Waals surface area contributed by atoms with Crippen molar-refractivity contribution in [3.8, 4) is 0 Å². The summed E-state index contributed by atoms with van der Waals surface area (Å²) in [6.07, 6.45) is 4.47. The molecular formula is C40H48ClN3O6Si. The Kier molecular flexibility index (Phi) is 9.92. The molecule has 11 heteroatoms. The van der Waals surface area contributed by atoms with E-state index in [1.54, 1.807) is 21.9 Å². The van der Waals surface area contributed by atoms with Crippen LogP contribution in [0.4, 0.5) is 11.4 Å². The molecule has 4 aliphatic heterocycles. The lowest BCUT2D eigenvalue weighted by Gasteiger charge is -2.37. The molecule has 0 unspecified atom stereocenters. The molecule has 2 saturated heterocycles. The van der Waals surface area contributed by atoms with Crippen molar-refractivity contribution < 1.29 is 29.0 Å². The van der Waals surface area contributed by atoms with Gasteiger partial charge >= 0.3 is 0 Å². The van der Waals surface area contributed by atoms with Crippen molar-refractivity contribution in [3.63, 3.8) is 0 Å². The summed E-state index contributed by atoms with van der Waals surface area (Å²) in [5.74, 6) is -0.720. The van der Waals surface area contributed by atoms with E-state index < -0.39 is 31.5 Å². The minimum absolute atomic E-state index is 0.0216. The highest BCUT2D eigenvalue weighted by molar-refractivity contribution is 6.71. The summed E-state index contributed by atoms with van der Waals surface area (Å²) in [6.45, 7) is 6.84. The third-order valence-electron chi connectivity index (χ3n) is 11.6. The Morgan fingerprint density at radius 1 is 1.00 bits per heavy atom. The second-order valence-corrected chi connectivity index (χ2v) is 19.7. The topological polar surface area (TPSA) is 111 Å². The van der Waals surface area contributed by atoms with Gasteiger partial charge in [-0.1, -0.05) is 67.8 Å². The third kappa shape index (κ3) is 6.54. The average molecular weight is 730 g/mol. The van der Waals surface area contributed by atoms with Gasteiger partial charge in [0.15, 0.2) is 13.9 Å². The SMILES string of the molecule is C[C@@H]1[C@@H]([Si](C)(C)O)[C@H](CC(=O)N2Cc3ccccc3C[C@H]2CO)O[C@@]12C(=O)N(Cc1ccc(N3CCCCCCC3=O)cc1)c1ccc(Cl)cc12. The van der Waals surface area contributed by atoms with Crippen molar-refractivity contribution in [2.45, 2.75) is 101 Å². The van der Waals surface area contributed by atoms with E-state index in [2.05, 4.69) is 0 Å². The number of benzene rings is 3. The number of nitrogens with zero attached hydrogens (tertiary/aromatic N) is 3. The second kappa shape index (κ2) is 14.1. The highest BCUT2D eigenvalue weighted by atomic mass is 35.5. The van der Waals surface area contributed by atoms with Crippen LogP contribution in [0.1, 0.15) is 67.7 Å². The molecule has 9 nitrogen and oxygen atoms in total. The molecule has 0 aliphatic carbocycles. The van der Waals surface area contributed by atoms with Crippen molar-refractivity contribution >= 4 is 49.0 Å². The maximum Gasteiger partial charge on any atom is 0.264 e. The summed E-state index contributed by atoms with van der Waals surface area (Å²) in [4.78, 5) is 59.0. The number of hydrogen-bond donors (Lipinski definition) is 2. The van der Waals surface area contributed by atoms with Crippen LogP contribution in [0.5, 0.6) is 0 Å². The van der Waals surface area contributed by atoms with Crippen molar-refractivity contribution in [2.75, 3.05) is 23.0 Å². The Hall–Kier alpha value is -3.54. The molecule has 2 N–H and O–H groups in total. The number of rotatable bonds is 7. The van der Waals surface area contributed by atoms with Gasteiger partial charge in [-0.3, -0.25) is 14.4 Å². The van der Waals surface area contributed by atoms with Crippen LogP contribution in [0.3, 0.4) is 0 Å². The van der Waals surface area contributed by atoms with Crippen LogP contribution in [-0.2, 0) is 44.2 Å². The number of hydrogen-bond acceptors (Lipinski definition) is 6. The summed E-state index contributed by atoms with van der Waals surface area (Å²) in [6, 6.07) is 20.9. The minimum atomic E-state index is -3.02. The van der Waals surface area contributed by atoms with Gasteiger partial charge in [-0.15, -0.1) is 0 Å². The predicted molar refractivity (Wildman–Crippen MR) is 200 cm³/mol. The van der Waals surface area contributed by atoms with Crippen LogP contribution >= 0.6 is 11.6 Å². The first kappa shape index (κ1) is 35.8. The fourth-order valence-electron chi connectivity index (χ4n) is 9.13. The number of ether oxygens (including phenoxy) is 1. The van der Waals surface area contributed by atoms with Crippen molar-refractivity contribution in [2.24, 2.45) is 5.92 Å². The quantitative estimate of drug-likeness (QED) is 0.276. The number of amides is 3. The maximum absolute atomic E-state index is 14.9. The maximum atomic E-state index is 14.9. The lowest BCUT2D eigenvalue weighted by atomic mass is 9.82. The van der Waals surface area contributed by atoms with Crippen LogP contribution < -0.4 is 9.80 Å². The number of fused-ring (bicyclic) bond motifs is 3. The van der Waals surface area contributed by atoms with Crippen molar-refractivity contribution in [1.82, 2.24) is 4.90 Å². The highest BCUT2D eigenvalue weighted by Gasteiger charge is 2.66. The summed E-state index contributed by atoms with van der Waals surface area (Å²) >= 11 is 6.59. The van der Waals surface area contributed by atoms with Crippen LogP contribution in [-0.4, -0.2) is 66.1 Å². The Labute approximate surface area is 306 Å². The number of carbonyl (C=O) groups excluding carboxylic acids is 3. The number of aliphatic hydroxyl groups excluding tert-OH is 1. The molecule has 0 bridgehead atoms. The van der Waals surface area contributed by atoms with Crippen molar-refractivity contribution in [1.29, 1.82) is 0 Å². The molecule has 5 atom stereocenters. The van der Waals surface area contributed by atoms with Crippen LogP contribution in [0.15, 0.2) is 66.7 Å². The van der Waals surface area contributed by atoms with Crippen LogP contribution in [0, 0.1) is 5.92 Å².